The molecule has 1 aromatic rings. The zero-order valence-electron chi connectivity index (χ0n) is 15.3. The van der Waals surface area contributed by atoms with Gasteiger partial charge in [-0.15, -0.1) is 0 Å². The number of nitrogens with zero attached hydrogens (tertiary/aromatic N) is 3. The molecule has 0 radical (unpaired) electrons. The summed E-state index contributed by atoms with van der Waals surface area (Å²) in [5, 5.41) is 0. The standard InChI is InChI=1S/C17H29N3O4S/c1-18(2)8-9-19-10-11-20(17-7-5-4-6-16(17)19)25(21,22)15-14-24-13-12-23-3/h4-7H,8-15H2,1-3H3. The van der Waals surface area contributed by atoms with Gasteiger partial charge in [0, 0.05) is 26.7 Å². The van der Waals surface area contributed by atoms with Crippen LogP contribution in [0.4, 0.5) is 11.4 Å². The van der Waals surface area contributed by atoms with Gasteiger partial charge in [-0.2, -0.15) is 0 Å². The van der Waals surface area contributed by atoms with Gasteiger partial charge < -0.3 is 19.3 Å². The van der Waals surface area contributed by atoms with E-state index in [2.05, 4.69) is 9.80 Å². The van der Waals surface area contributed by atoms with Crippen LogP contribution < -0.4 is 9.21 Å². The van der Waals surface area contributed by atoms with Crippen molar-refractivity contribution in [2.75, 3.05) is 82.2 Å². The SMILES string of the molecule is COCCOCCS(=O)(=O)N1CCN(CCN(C)C)c2ccccc21. The maximum absolute atomic E-state index is 12.7. The molecule has 1 aromatic carbocycles. The molecule has 2 rings (SSSR count). The Labute approximate surface area is 151 Å². The van der Waals surface area contributed by atoms with Crippen molar-refractivity contribution in [3.8, 4) is 0 Å². The van der Waals surface area contributed by atoms with Crippen molar-refractivity contribution in [1.82, 2.24) is 4.90 Å². The molecular formula is C17H29N3O4S. The maximum atomic E-state index is 12.7. The molecule has 0 bridgehead atoms. The highest BCUT2D eigenvalue weighted by molar-refractivity contribution is 7.92. The number of likely N-dealkylation sites (N-methyl/N-ethyl adjacent to an activating group) is 1. The van der Waals surface area contributed by atoms with E-state index < -0.39 is 10.0 Å². The Morgan fingerprint density at radius 2 is 1.80 bits per heavy atom. The summed E-state index contributed by atoms with van der Waals surface area (Å²) in [6.45, 7) is 4.00. The highest BCUT2D eigenvalue weighted by atomic mass is 32.2. The third kappa shape index (κ3) is 5.57. The Hall–Kier alpha value is -1.35. The highest BCUT2D eigenvalue weighted by Crippen LogP contribution is 2.34. The normalized spacial score (nSPS) is 14.9. The third-order valence-corrected chi connectivity index (χ3v) is 5.87. The molecule has 0 aromatic heterocycles. The second kappa shape index (κ2) is 9.38. The fraction of sp³-hybridized carbons (Fsp3) is 0.647. The predicted octanol–water partition coefficient (Wildman–Crippen LogP) is 0.867. The molecule has 142 valence electrons. The first-order valence-electron chi connectivity index (χ1n) is 8.51. The topological polar surface area (TPSA) is 62.3 Å². The summed E-state index contributed by atoms with van der Waals surface area (Å²) in [7, 11) is 2.26. The van der Waals surface area contributed by atoms with E-state index in [4.69, 9.17) is 9.47 Å². The molecule has 1 heterocycles. The summed E-state index contributed by atoms with van der Waals surface area (Å²) < 4.78 is 37.2. The van der Waals surface area contributed by atoms with E-state index in [1.807, 2.05) is 38.4 Å². The van der Waals surface area contributed by atoms with E-state index in [1.165, 1.54) is 4.31 Å². The van der Waals surface area contributed by atoms with E-state index in [-0.39, 0.29) is 12.4 Å². The monoisotopic (exact) mass is 371 g/mol. The molecule has 8 heteroatoms. The van der Waals surface area contributed by atoms with Gasteiger partial charge in [0.25, 0.3) is 0 Å². The molecule has 25 heavy (non-hydrogen) atoms. The lowest BCUT2D eigenvalue weighted by Crippen LogP contribution is -2.46. The summed E-state index contributed by atoms with van der Waals surface area (Å²) >= 11 is 0. The van der Waals surface area contributed by atoms with Crippen LogP contribution in [0.2, 0.25) is 0 Å². The van der Waals surface area contributed by atoms with Gasteiger partial charge in [-0.1, -0.05) is 12.1 Å². The molecule has 7 nitrogen and oxygen atoms in total. The Morgan fingerprint density at radius 3 is 2.48 bits per heavy atom. The Morgan fingerprint density at radius 1 is 1.08 bits per heavy atom. The second-order valence-corrected chi connectivity index (χ2v) is 8.29. The number of benzene rings is 1. The van der Waals surface area contributed by atoms with Crippen LogP contribution in [0, 0.1) is 0 Å². The van der Waals surface area contributed by atoms with Gasteiger partial charge in [0.05, 0.1) is 43.5 Å². The average molecular weight is 372 g/mol. The number of fused-ring (bicyclic) bond motifs is 1. The molecule has 0 aliphatic carbocycles. The van der Waals surface area contributed by atoms with Crippen molar-refractivity contribution in [2.45, 2.75) is 0 Å². The van der Waals surface area contributed by atoms with Crippen molar-refractivity contribution in [1.29, 1.82) is 0 Å². The predicted molar refractivity (Wildman–Crippen MR) is 101 cm³/mol. The number of rotatable bonds is 10. The number of sulfonamides is 1. The van der Waals surface area contributed by atoms with Crippen LogP contribution in [0.1, 0.15) is 0 Å². The van der Waals surface area contributed by atoms with Gasteiger partial charge in [-0.3, -0.25) is 4.31 Å². The Balaban J connectivity index is 2.07. The largest absolute Gasteiger partial charge is 0.382 e. The van der Waals surface area contributed by atoms with Crippen molar-refractivity contribution in [3.05, 3.63) is 24.3 Å². The lowest BCUT2D eigenvalue weighted by Gasteiger charge is -2.38. The van der Waals surface area contributed by atoms with E-state index in [1.54, 1.807) is 7.11 Å². The van der Waals surface area contributed by atoms with Crippen molar-refractivity contribution in [3.63, 3.8) is 0 Å². The summed E-state index contributed by atoms with van der Waals surface area (Å²) in [5.74, 6) is -0.0251. The number of para-hydroxylation sites is 2. The first kappa shape index (κ1) is 20.0. The molecule has 0 amide bonds. The van der Waals surface area contributed by atoms with Crippen LogP contribution >= 0.6 is 0 Å². The van der Waals surface area contributed by atoms with E-state index in [9.17, 15) is 8.42 Å². The number of ether oxygens (including phenoxy) is 2. The third-order valence-electron chi connectivity index (χ3n) is 4.13. The summed E-state index contributed by atoms with van der Waals surface area (Å²) in [6.07, 6.45) is 0. The molecule has 0 fully saturated rings. The Bertz CT molecular complexity index is 637. The van der Waals surface area contributed by atoms with Crippen LogP contribution in [-0.4, -0.2) is 86.3 Å². The maximum Gasteiger partial charge on any atom is 0.237 e. The lowest BCUT2D eigenvalue weighted by molar-refractivity contribution is 0.0785. The van der Waals surface area contributed by atoms with Gasteiger partial charge in [0.2, 0.25) is 10.0 Å². The van der Waals surface area contributed by atoms with Gasteiger partial charge in [0.1, 0.15) is 0 Å². The molecule has 0 atom stereocenters. The van der Waals surface area contributed by atoms with E-state index in [0.717, 1.165) is 24.5 Å². The molecular weight excluding hydrogens is 342 g/mol. The van der Waals surface area contributed by atoms with Crippen LogP contribution in [0.5, 0.6) is 0 Å². The van der Waals surface area contributed by atoms with Crippen molar-refractivity contribution >= 4 is 21.4 Å². The highest BCUT2D eigenvalue weighted by Gasteiger charge is 2.30. The molecule has 0 saturated carbocycles. The summed E-state index contributed by atoms with van der Waals surface area (Å²) in [5.41, 5.74) is 1.73. The first-order chi connectivity index (χ1) is 12.0. The second-order valence-electron chi connectivity index (χ2n) is 6.27. The van der Waals surface area contributed by atoms with Gasteiger partial charge in [-0.05, 0) is 26.2 Å². The number of hydrogen-bond donors (Lipinski definition) is 0. The molecule has 1 aliphatic heterocycles. The first-order valence-corrected chi connectivity index (χ1v) is 10.1. The average Bonchev–Trinajstić information content (AvgIpc) is 2.59. The minimum Gasteiger partial charge on any atom is -0.382 e. The molecule has 0 spiro atoms. The number of anilines is 2. The minimum absolute atomic E-state index is 0.0251. The molecule has 0 N–H and O–H groups in total. The zero-order chi connectivity index (χ0) is 18.3. The van der Waals surface area contributed by atoms with Crippen molar-refractivity contribution in [2.24, 2.45) is 0 Å². The van der Waals surface area contributed by atoms with Crippen LogP contribution in [0.3, 0.4) is 0 Å². The Kier molecular flexibility index (Phi) is 7.49. The van der Waals surface area contributed by atoms with Crippen LogP contribution in [0.25, 0.3) is 0 Å². The van der Waals surface area contributed by atoms with E-state index >= 15 is 0 Å². The molecule has 0 saturated heterocycles. The summed E-state index contributed by atoms with van der Waals surface area (Å²) in [6, 6.07) is 7.69. The quantitative estimate of drug-likeness (QED) is 0.569. The molecule has 1 aliphatic rings. The smallest absolute Gasteiger partial charge is 0.237 e. The van der Waals surface area contributed by atoms with E-state index in [0.29, 0.717) is 26.3 Å². The number of methoxy groups -OCH3 is 1. The zero-order valence-corrected chi connectivity index (χ0v) is 16.2. The van der Waals surface area contributed by atoms with Gasteiger partial charge in [0.15, 0.2) is 0 Å². The lowest BCUT2D eigenvalue weighted by atomic mass is 10.2. The minimum atomic E-state index is -3.41. The number of hydrogen-bond acceptors (Lipinski definition) is 6. The van der Waals surface area contributed by atoms with Crippen LogP contribution in [0.15, 0.2) is 24.3 Å². The van der Waals surface area contributed by atoms with Gasteiger partial charge >= 0.3 is 0 Å². The summed E-state index contributed by atoms with van der Waals surface area (Å²) in [4.78, 5) is 4.37. The molecule has 0 unspecified atom stereocenters. The fourth-order valence-corrected chi connectivity index (χ4v) is 4.12. The van der Waals surface area contributed by atoms with Crippen LogP contribution in [-0.2, 0) is 19.5 Å². The fourth-order valence-electron chi connectivity index (χ4n) is 2.76. The van der Waals surface area contributed by atoms with Gasteiger partial charge in [-0.25, -0.2) is 8.42 Å². The van der Waals surface area contributed by atoms with Crippen molar-refractivity contribution < 1.29 is 17.9 Å².